The van der Waals surface area contributed by atoms with Crippen molar-refractivity contribution in [2.75, 3.05) is 79.1 Å². The number of rotatable bonds is 14. The van der Waals surface area contributed by atoms with Crippen LogP contribution in [0.3, 0.4) is 0 Å². The lowest BCUT2D eigenvalue weighted by Gasteiger charge is -2.43. The van der Waals surface area contributed by atoms with Crippen molar-refractivity contribution in [1.29, 1.82) is 0 Å². The Bertz CT molecular complexity index is 2700. The predicted molar refractivity (Wildman–Crippen MR) is 336 cm³/mol. The average Bonchev–Trinajstić information content (AvgIpc) is 0.837. The van der Waals surface area contributed by atoms with Gasteiger partial charge in [0, 0.05) is 109 Å². The van der Waals surface area contributed by atoms with Crippen LogP contribution in [-0.2, 0) is 63.7 Å². The maximum Gasteiger partial charge on any atom is 0.407 e. The van der Waals surface area contributed by atoms with E-state index in [1.54, 1.807) is 70.3 Å². The summed E-state index contributed by atoms with van der Waals surface area (Å²) in [7, 11) is 6.42. The number of carbonyl (C=O) groups is 7. The number of alkyl carbamates (subject to hydrolysis) is 1. The Morgan fingerprint density at radius 2 is 1.50 bits per heavy atom. The smallest absolute Gasteiger partial charge is 0.407 e. The van der Waals surface area contributed by atoms with E-state index in [2.05, 4.69) is 15.3 Å². The van der Waals surface area contributed by atoms with Gasteiger partial charge in [0.05, 0.1) is 37.5 Å². The number of fused-ring (bicyclic) bond motifs is 3. The van der Waals surface area contributed by atoms with Crippen molar-refractivity contribution in [2.45, 2.75) is 200 Å². The van der Waals surface area contributed by atoms with E-state index >= 15 is 0 Å². The highest BCUT2D eigenvalue weighted by molar-refractivity contribution is 6.39. The van der Waals surface area contributed by atoms with E-state index in [4.69, 9.17) is 28.4 Å². The summed E-state index contributed by atoms with van der Waals surface area (Å²) < 4.78 is 36.7. The summed E-state index contributed by atoms with van der Waals surface area (Å²) in [6, 6.07) is -1.15. The predicted octanol–water partition coefficient (Wildman–Crippen LogP) is 5.87. The van der Waals surface area contributed by atoms with Crippen LogP contribution in [0.2, 0.25) is 0 Å². The molecule has 23 nitrogen and oxygen atoms in total. The number of ketones is 3. The normalized spacial score (nSPS) is 33.3. The van der Waals surface area contributed by atoms with Crippen LogP contribution >= 0.6 is 0 Å². The van der Waals surface area contributed by atoms with Crippen LogP contribution in [0.15, 0.2) is 60.0 Å². The Balaban J connectivity index is 1.15. The van der Waals surface area contributed by atoms with Gasteiger partial charge >= 0.3 is 12.1 Å². The Kier molecular flexibility index (Phi) is 28.3. The summed E-state index contributed by atoms with van der Waals surface area (Å²) in [5, 5.41) is 37.6. The maximum atomic E-state index is 14.8. The number of nitrogens with zero attached hydrogens (tertiary/aromatic N) is 6. The number of Topliss-reactive ketones (excluding diaryl/α,β-unsaturated/α-hetero) is 3. The Labute approximate surface area is 532 Å². The van der Waals surface area contributed by atoms with Gasteiger partial charge in [-0.15, -0.1) is 0 Å². The second-order valence-electron chi connectivity index (χ2n) is 26.2. The van der Waals surface area contributed by atoms with Crippen LogP contribution in [0, 0.1) is 35.5 Å². The summed E-state index contributed by atoms with van der Waals surface area (Å²) in [5.41, 5.74) is 1.87. The Hall–Kier alpha value is -5.79. The number of aliphatic hydroxyl groups is 3. The molecule has 3 amide bonds. The van der Waals surface area contributed by atoms with Crippen molar-refractivity contribution in [2.24, 2.45) is 35.5 Å². The number of hydrogen-bond donors (Lipinski definition) is 4. The second-order valence-corrected chi connectivity index (χ2v) is 26.2. The van der Waals surface area contributed by atoms with Gasteiger partial charge in [0.25, 0.3) is 11.7 Å². The largest absolute Gasteiger partial charge is 0.460 e. The van der Waals surface area contributed by atoms with E-state index in [-0.39, 0.29) is 68.5 Å². The van der Waals surface area contributed by atoms with E-state index in [1.165, 1.54) is 18.9 Å². The van der Waals surface area contributed by atoms with Crippen LogP contribution in [0.5, 0.6) is 0 Å². The summed E-state index contributed by atoms with van der Waals surface area (Å²) >= 11 is 0. The standard InChI is InChI=1S/C67H103N7O16/c1-41-18-14-13-15-19-42(2)54(85-10)34-51-23-21-47(7)67(84,90-51)62(80)63(81)74-25-17-16-20-52(74)64(82)88-56(35-55(86-11)43(3)31-46(6)60(78)61(79)59(77)45(5)30-41)44(4)32-49-22-24-53(57(33-49)87-12)89-66(83)70-38-50-36-68-65(69-37-50)73-28-26-72(27-29-73)58(76)40-71(9)39-48(8)75/h13-15,18-19,31,36-37,41,43-45,47,49,51-57,60-61,78-79,84H,16-17,20-30,32-35,38-40H2,1-12H3,(H,70,83)/b15-13?,18-14+,42-19?,46-31+/t41-,43-,44-,45-,47-,49+,51+,52+,53-,54+,55-,56+,57-,60-,61+,67-/m1/s1. The van der Waals surface area contributed by atoms with E-state index in [0.717, 1.165) is 5.57 Å². The zero-order chi connectivity index (χ0) is 66.0. The number of esters is 1. The van der Waals surface area contributed by atoms with Gasteiger partial charge in [0.1, 0.15) is 36.2 Å². The van der Waals surface area contributed by atoms with Crippen LogP contribution in [-0.4, -0.2) is 216 Å². The Morgan fingerprint density at radius 1 is 0.800 bits per heavy atom. The fourth-order valence-corrected chi connectivity index (χ4v) is 13.3. The number of amides is 3. The molecular weight excluding hydrogens is 1160 g/mol. The molecule has 90 heavy (non-hydrogen) atoms. The highest BCUT2D eigenvalue weighted by Crippen LogP contribution is 2.39. The zero-order valence-electron chi connectivity index (χ0n) is 55.3. The minimum atomic E-state index is -2.46. The van der Waals surface area contributed by atoms with Gasteiger partial charge in [-0.3, -0.25) is 28.9 Å². The Morgan fingerprint density at radius 3 is 2.17 bits per heavy atom. The first kappa shape index (κ1) is 73.3. The van der Waals surface area contributed by atoms with Gasteiger partial charge in [-0.2, -0.15) is 0 Å². The number of cyclic esters (lactones) is 1. The quantitative estimate of drug-likeness (QED) is 0.0963. The first-order valence-electron chi connectivity index (χ1n) is 32.4. The number of aromatic nitrogens is 2. The molecule has 1 aromatic rings. The molecule has 16 atom stereocenters. The topological polar surface area (TPSA) is 286 Å². The fourth-order valence-electron chi connectivity index (χ4n) is 13.3. The summed E-state index contributed by atoms with van der Waals surface area (Å²) in [4.78, 5) is 111. The number of methoxy groups -OCH3 is 3. The molecule has 0 unspecified atom stereocenters. The lowest BCUT2D eigenvalue weighted by molar-refractivity contribution is -0.265. The van der Waals surface area contributed by atoms with E-state index in [1.807, 2.05) is 63.0 Å². The summed E-state index contributed by atoms with van der Waals surface area (Å²) in [6.07, 6.45) is 12.4. The van der Waals surface area contributed by atoms with Crippen LogP contribution < -0.4 is 10.2 Å². The monoisotopic (exact) mass is 1260 g/mol. The number of nitrogens with one attached hydrogen (secondary N) is 1. The van der Waals surface area contributed by atoms with Crippen LogP contribution in [0.25, 0.3) is 0 Å². The molecule has 4 N–H and O–H groups in total. The van der Waals surface area contributed by atoms with Crippen molar-refractivity contribution in [1.82, 2.24) is 30.0 Å². The number of ether oxygens (including phenoxy) is 6. The van der Waals surface area contributed by atoms with Crippen molar-refractivity contribution in [3.63, 3.8) is 0 Å². The maximum absolute atomic E-state index is 14.8. The van der Waals surface area contributed by atoms with Crippen LogP contribution in [0.4, 0.5) is 10.7 Å². The van der Waals surface area contributed by atoms with Gasteiger partial charge in [-0.1, -0.05) is 71.1 Å². The third kappa shape index (κ3) is 20.4. The third-order valence-electron chi connectivity index (χ3n) is 18.9. The molecule has 4 aliphatic heterocycles. The van der Waals surface area contributed by atoms with Gasteiger partial charge < -0.3 is 63.8 Å². The molecule has 0 radical (unpaired) electrons. The van der Waals surface area contributed by atoms with Crippen molar-refractivity contribution in [3.8, 4) is 0 Å². The first-order valence-corrected chi connectivity index (χ1v) is 32.4. The first-order chi connectivity index (χ1) is 42.8. The lowest BCUT2D eigenvalue weighted by atomic mass is 9.78. The van der Waals surface area contributed by atoms with Crippen molar-refractivity contribution in [3.05, 3.63) is 65.6 Å². The molecule has 1 saturated carbocycles. The van der Waals surface area contributed by atoms with Gasteiger partial charge in [-0.25, -0.2) is 19.6 Å². The zero-order valence-corrected chi connectivity index (χ0v) is 55.3. The number of piperidine rings is 1. The molecular formula is C67H103N7O16. The molecule has 5 aliphatic rings. The molecule has 23 heteroatoms. The highest BCUT2D eigenvalue weighted by Gasteiger charge is 2.53. The van der Waals surface area contributed by atoms with Crippen molar-refractivity contribution >= 4 is 47.2 Å². The van der Waals surface area contributed by atoms with Gasteiger partial charge in [0.2, 0.25) is 17.6 Å². The molecule has 6 rings (SSSR count). The van der Waals surface area contributed by atoms with Gasteiger partial charge in [-0.05, 0) is 121 Å². The van der Waals surface area contributed by atoms with E-state index in [9.17, 15) is 48.9 Å². The third-order valence-corrected chi connectivity index (χ3v) is 18.9. The van der Waals surface area contributed by atoms with Crippen molar-refractivity contribution < 1.29 is 77.3 Å². The number of anilines is 1. The molecule has 1 aliphatic carbocycles. The molecule has 0 spiro atoms. The molecule has 5 heterocycles. The molecule has 2 bridgehead atoms. The number of piperazine rings is 1. The lowest BCUT2D eigenvalue weighted by Crippen LogP contribution is -2.61. The van der Waals surface area contributed by atoms with E-state index < -0.39 is 108 Å². The number of aliphatic hydroxyl groups excluding tert-OH is 2. The van der Waals surface area contributed by atoms with E-state index in [0.29, 0.717) is 107 Å². The van der Waals surface area contributed by atoms with Gasteiger partial charge in [0.15, 0.2) is 5.78 Å². The number of carbonyl (C=O) groups excluding carboxylic acids is 7. The number of allylic oxidation sites excluding steroid dienone is 5. The summed E-state index contributed by atoms with van der Waals surface area (Å²) in [6.45, 7) is 16.9. The SMILES string of the molecule is CO[C@H]1C[C@@H]2CC[C@@H](C)[C@@](O)(O2)C(=O)C(=O)N2CCCC[C@H]2C(=O)O[C@H]([C@H](C)C[C@@H]2CC[C@@H](OC(=O)NCc3cnc(N4CCN(C(=O)CN(C)CC(C)=O)CC4)nc3)[C@H](OC)C2)C[C@@H](OC)[C@H](C)/C=C(\C)[C@@H](O)[C@@H](O)C(=O)[C@H](C)C[C@H](C)/C=C/C=CC=C1C. The molecule has 502 valence electrons. The molecule has 4 fully saturated rings. The summed E-state index contributed by atoms with van der Waals surface area (Å²) in [5.74, 6) is -7.44. The number of hydrogen-bond acceptors (Lipinski definition) is 20. The average molecular weight is 1260 g/mol. The fraction of sp³-hybridized carbons (Fsp3) is 0.716. The van der Waals surface area contributed by atoms with Crippen LogP contribution in [0.1, 0.15) is 138 Å². The second kappa shape index (κ2) is 34.8. The molecule has 1 aromatic heterocycles. The highest BCUT2D eigenvalue weighted by atomic mass is 16.6. The number of likely N-dealkylation sites (N-methyl/N-ethyl adjacent to an activating group) is 1. The molecule has 3 saturated heterocycles. The molecule has 0 aromatic carbocycles. The minimum absolute atomic E-state index is 0.00422. The minimum Gasteiger partial charge on any atom is -0.460 e.